The van der Waals surface area contributed by atoms with Crippen LogP contribution >= 0.6 is 0 Å². The molecule has 1 spiro atoms. The van der Waals surface area contributed by atoms with Crippen molar-refractivity contribution in [3.8, 4) is 0 Å². The van der Waals surface area contributed by atoms with E-state index in [1.54, 1.807) is 24.4 Å². The first-order valence-electron chi connectivity index (χ1n) is 10.4. The van der Waals surface area contributed by atoms with Gasteiger partial charge in [0.15, 0.2) is 0 Å². The number of carbonyl (C=O) groups excluding carboxylic acids is 2. The van der Waals surface area contributed by atoms with E-state index < -0.39 is 0 Å². The van der Waals surface area contributed by atoms with Crippen LogP contribution in [0.1, 0.15) is 30.7 Å². The topological polar surface area (TPSA) is 62.6 Å². The number of aromatic nitrogens is 1. The number of amides is 2. The Balaban J connectivity index is 1.54. The van der Waals surface area contributed by atoms with Gasteiger partial charge in [-0.1, -0.05) is 42.5 Å². The summed E-state index contributed by atoms with van der Waals surface area (Å²) in [6.07, 6.45) is 5.36. The molecule has 1 aromatic heterocycles. The second-order valence-corrected chi connectivity index (χ2v) is 8.11. The predicted octanol–water partition coefficient (Wildman–Crippen LogP) is 2.41. The quantitative estimate of drug-likeness (QED) is 0.718. The Hall–Kier alpha value is -3.15. The first-order valence-corrected chi connectivity index (χ1v) is 10.4. The third kappa shape index (κ3) is 3.58. The van der Waals surface area contributed by atoms with Crippen molar-refractivity contribution in [3.63, 3.8) is 0 Å². The van der Waals surface area contributed by atoms with Crippen molar-refractivity contribution in [2.45, 2.75) is 37.3 Å². The lowest BCUT2D eigenvalue weighted by molar-refractivity contribution is -0.136. The van der Waals surface area contributed by atoms with Crippen molar-refractivity contribution in [2.75, 3.05) is 19.6 Å². The van der Waals surface area contributed by atoms with Crippen molar-refractivity contribution in [3.05, 3.63) is 83.3 Å². The molecule has 1 atom stereocenters. The SMILES string of the molecule is C=CCN1C(=O)CC(c2ccccc2)C12CCN(C(=O)Cn1ccccc1=O)CC2. The molecule has 30 heavy (non-hydrogen) atoms. The molecule has 2 aromatic rings. The summed E-state index contributed by atoms with van der Waals surface area (Å²) in [4.78, 5) is 41.4. The minimum atomic E-state index is -0.299. The minimum absolute atomic E-state index is 0.0457. The average Bonchev–Trinajstić information content (AvgIpc) is 3.03. The fourth-order valence-electron chi connectivity index (χ4n) is 5.04. The molecule has 0 aliphatic carbocycles. The minimum Gasteiger partial charge on any atom is -0.341 e. The van der Waals surface area contributed by atoms with E-state index in [0.29, 0.717) is 26.1 Å². The van der Waals surface area contributed by atoms with Crippen molar-refractivity contribution >= 4 is 11.8 Å². The van der Waals surface area contributed by atoms with Crippen LogP contribution in [0.5, 0.6) is 0 Å². The second kappa shape index (κ2) is 8.30. The number of pyridine rings is 1. The Morgan fingerprint density at radius 3 is 2.43 bits per heavy atom. The molecule has 2 saturated heterocycles. The average molecular weight is 405 g/mol. The molecule has 0 saturated carbocycles. The number of likely N-dealkylation sites (tertiary alicyclic amines) is 2. The smallest absolute Gasteiger partial charge is 0.250 e. The molecule has 2 fully saturated rings. The Bertz CT molecular complexity index is 990. The Morgan fingerprint density at radius 1 is 1.07 bits per heavy atom. The number of carbonyl (C=O) groups is 2. The molecule has 6 heteroatoms. The van der Waals surface area contributed by atoms with Gasteiger partial charge in [0, 0.05) is 44.2 Å². The van der Waals surface area contributed by atoms with Crippen LogP contribution in [0, 0.1) is 0 Å². The van der Waals surface area contributed by atoms with E-state index in [1.807, 2.05) is 28.0 Å². The summed E-state index contributed by atoms with van der Waals surface area (Å²) < 4.78 is 1.43. The molecule has 0 N–H and O–H groups in total. The number of benzene rings is 1. The predicted molar refractivity (Wildman–Crippen MR) is 115 cm³/mol. The molecule has 1 aromatic carbocycles. The van der Waals surface area contributed by atoms with Crippen LogP contribution in [0.15, 0.2) is 72.2 Å². The monoisotopic (exact) mass is 405 g/mol. The number of hydrogen-bond acceptors (Lipinski definition) is 3. The van der Waals surface area contributed by atoms with Crippen LogP contribution in [0.3, 0.4) is 0 Å². The standard InChI is InChI=1S/C24H27N3O3/c1-2-13-27-22(29)17-20(19-8-4-3-5-9-19)24(27)11-15-25(16-12-24)23(30)18-26-14-7-6-10-21(26)28/h2-10,14,20H,1,11-13,15-18H2. The van der Waals surface area contributed by atoms with Crippen molar-refractivity contribution < 1.29 is 9.59 Å². The van der Waals surface area contributed by atoms with Crippen molar-refractivity contribution in [2.24, 2.45) is 0 Å². The Morgan fingerprint density at radius 2 is 1.77 bits per heavy atom. The van der Waals surface area contributed by atoms with Crippen molar-refractivity contribution in [1.82, 2.24) is 14.4 Å². The van der Waals surface area contributed by atoms with Gasteiger partial charge in [0.1, 0.15) is 6.54 Å². The first-order chi connectivity index (χ1) is 14.5. The van der Waals surface area contributed by atoms with Gasteiger partial charge >= 0.3 is 0 Å². The van der Waals surface area contributed by atoms with E-state index in [9.17, 15) is 14.4 Å². The van der Waals surface area contributed by atoms with Gasteiger partial charge in [0.2, 0.25) is 11.8 Å². The summed E-state index contributed by atoms with van der Waals surface area (Å²) in [7, 11) is 0. The normalized spacial score (nSPS) is 20.5. The maximum Gasteiger partial charge on any atom is 0.250 e. The maximum absolute atomic E-state index is 12.9. The number of piperidine rings is 1. The van der Waals surface area contributed by atoms with Gasteiger partial charge in [0.05, 0.1) is 5.54 Å². The van der Waals surface area contributed by atoms with Crippen LogP contribution in [-0.2, 0) is 16.1 Å². The lowest BCUT2D eigenvalue weighted by atomic mass is 9.73. The van der Waals surface area contributed by atoms with Gasteiger partial charge in [-0.15, -0.1) is 6.58 Å². The zero-order valence-corrected chi connectivity index (χ0v) is 17.1. The Labute approximate surface area is 176 Å². The summed E-state index contributed by atoms with van der Waals surface area (Å²) in [5.41, 5.74) is 0.697. The van der Waals surface area contributed by atoms with Gasteiger partial charge in [-0.2, -0.15) is 0 Å². The number of rotatable bonds is 5. The zero-order chi connectivity index (χ0) is 21.1. The molecule has 3 heterocycles. The van der Waals surface area contributed by atoms with Crippen LogP contribution in [0.2, 0.25) is 0 Å². The highest BCUT2D eigenvalue weighted by Crippen LogP contribution is 2.48. The number of nitrogens with zero attached hydrogens (tertiary/aromatic N) is 3. The fraction of sp³-hybridized carbons (Fsp3) is 0.375. The molecular weight excluding hydrogens is 378 g/mol. The van der Waals surface area contributed by atoms with E-state index >= 15 is 0 Å². The summed E-state index contributed by atoms with van der Waals surface area (Å²) in [6, 6.07) is 15.1. The third-order valence-corrected chi connectivity index (χ3v) is 6.57. The van der Waals surface area contributed by atoms with Gasteiger partial charge in [-0.25, -0.2) is 0 Å². The summed E-state index contributed by atoms with van der Waals surface area (Å²) >= 11 is 0. The highest BCUT2D eigenvalue weighted by Gasteiger charge is 2.53. The van der Waals surface area contributed by atoms with Crippen molar-refractivity contribution in [1.29, 1.82) is 0 Å². The molecule has 6 nitrogen and oxygen atoms in total. The van der Waals surface area contributed by atoms with Crippen LogP contribution in [0.25, 0.3) is 0 Å². The molecule has 4 rings (SSSR count). The first kappa shape index (κ1) is 20.1. The molecule has 2 aliphatic heterocycles. The summed E-state index contributed by atoms with van der Waals surface area (Å²) in [5.74, 6) is 0.202. The zero-order valence-electron chi connectivity index (χ0n) is 17.1. The van der Waals surface area contributed by atoms with E-state index in [4.69, 9.17) is 0 Å². The van der Waals surface area contributed by atoms with E-state index in [1.165, 1.54) is 16.2 Å². The van der Waals surface area contributed by atoms with E-state index in [0.717, 1.165) is 12.8 Å². The largest absolute Gasteiger partial charge is 0.341 e. The highest BCUT2D eigenvalue weighted by atomic mass is 16.2. The van der Waals surface area contributed by atoms with E-state index in [-0.39, 0.29) is 35.4 Å². The maximum atomic E-state index is 12.9. The van der Waals surface area contributed by atoms with Gasteiger partial charge in [-0.3, -0.25) is 14.4 Å². The molecular formula is C24H27N3O3. The van der Waals surface area contributed by atoms with Crippen LogP contribution in [-0.4, -0.2) is 51.4 Å². The van der Waals surface area contributed by atoms with Gasteiger partial charge in [-0.05, 0) is 24.5 Å². The fourth-order valence-corrected chi connectivity index (χ4v) is 5.04. The molecule has 0 bridgehead atoms. The molecule has 1 unspecified atom stereocenters. The molecule has 2 amide bonds. The lowest BCUT2D eigenvalue weighted by Gasteiger charge is -2.48. The van der Waals surface area contributed by atoms with Crippen LogP contribution in [0.4, 0.5) is 0 Å². The second-order valence-electron chi connectivity index (χ2n) is 8.11. The molecule has 2 aliphatic rings. The highest BCUT2D eigenvalue weighted by molar-refractivity contribution is 5.82. The van der Waals surface area contributed by atoms with Crippen LogP contribution < -0.4 is 5.56 Å². The third-order valence-electron chi connectivity index (χ3n) is 6.57. The summed E-state index contributed by atoms with van der Waals surface area (Å²) in [6.45, 7) is 5.56. The molecule has 0 radical (unpaired) electrons. The van der Waals surface area contributed by atoms with Gasteiger partial charge < -0.3 is 14.4 Å². The molecule has 156 valence electrons. The van der Waals surface area contributed by atoms with E-state index in [2.05, 4.69) is 18.7 Å². The Kier molecular flexibility index (Phi) is 5.57. The lowest BCUT2D eigenvalue weighted by Crippen LogP contribution is -2.56. The van der Waals surface area contributed by atoms with Gasteiger partial charge in [0.25, 0.3) is 5.56 Å². The summed E-state index contributed by atoms with van der Waals surface area (Å²) in [5, 5.41) is 0. The number of hydrogen-bond donors (Lipinski definition) is 0.